The number of hydrogen-bond donors (Lipinski definition) is 1. The van der Waals surface area contributed by atoms with Crippen molar-refractivity contribution in [1.29, 1.82) is 0 Å². The number of para-hydroxylation sites is 2. The topological polar surface area (TPSA) is 75.7 Å². The number of sulfonamides is 1. The lowest BCUT2D eigenvalue weighted by Gasteiger charge is -2.25. The quantitative estimate of drug-likeness (QED) is 0.527. The summed E-state index contributed by atoms with van der Waals surface area (Å²) in [7, 11) is -2.56. The van der Waals surface area contributed by atoms with Crippen LogP contribution in [0.2, 0.25) is 0 Å². The molecule has 0 atom stereocenters. The van der Waals surface area contributed by atoms with Gasteiger partial charge in [0.15, 0.2) is 0 Å². The van der Waals surface area contributed by atoms with Crippen molar-refractivity contribution >= 4 is 43.2 Å². The zero-order valence-corrected chi connectivity index (χ0v) is 18.9. The van der Waals surface area contributed by atoms with Crippen LogP contribution in [0.4, 0.5) is 11.4 Å². The second-order valence-corrected chi connectivity index (χ2v) is 9.33. The first kappa shape index (κ1) is 21.9. The number of aryl methyl sites for hydroxylation is 1. The highest BCUT2D eigenvalue weighted by Gasteiger charge is 2.29. The molecule has 0 radical (unpaired) electrons. The van der Waals surface area contributed by atoms with E-state index in [0.29, 0.717) is 11.4 Å². The third kappa shape index (κ3) is 5.01. The Morgan fingerprint density at radius 1 is 1.00 bits per heavy atom. The Bertz CT molecular complexity index is 1130. The molecule has 0 heterocycles. The molecule has 0 aliphatic carbocycles. The van der Waals surface area contributed by atoms with Crippen LogP contribution in [-0.4, -0.2) is 28.0 Å². The molecular weight excluding hydrogens is 468 g/mol. The highest BCUT2D eigenvalue weighted by atomic mass is 79.9. The molecule has 0 aliphatic rings. The molecule has 156 valence electrons. The Morgan fingerprint density at radius 3 is 2.27 bits per heavy atom. The van der Waals surface area contributed by atoms with Gasteiger partial charge in [0, 0.05) is 10.2 Å². The van der Waals surface area contributed by atoms with Gasteiger partial charge in [0.1, 0.15) is 12.3 Å². The van der Waals surface area contributed by atoms with Gasteiger partial charge in [-0.05, 0) is 55.5 Å². The molecule has 3 aromatic rings. The summed E-state index contributed by atoms with van der Waals surface area (Å²) in [5.41, 5.74) is 1.79. The highest BCUT2D eigenvalue weighted by Crippen LogP contribution is 2.32. The lowest BCUT2D eigenvalue weighted by Crippen LogP contribution is -2.38. The number of hydrogen-bond acceptors (Lipinski definition) is 4. The van der Waals surface area contributed by atoms with Gasteiger partial charge in [-0.1, -0.05) is 45.8 Å². The first-order valence-corrected chi connectivity index (χ1v) is 11.3. The number of nitrogens with one attached hydrogen (secondary N) is 1. The molecule has 0 aliphatic heterocycles. The predicted octanol–water partition coefficient (Wildman–Crippen LogP) is 4.60. The van der Waals surface area contributed by atoms with Gasteiger partial charge in [0.25, 0.3) is 10.0 Å². The number of carbonyl (C=O) groups is 1. The molecule has 0 aromatic heterocycles. The van der Waals surface area contributed by atoms with Crippen LogP contribution >= 0.6 is 15.9 Å². The molecule has 0 fully saturated rings. The number of halogens is 1. The van der Waals surface area contributed by atoms with Crippen LogP contribution in [0.15, 0.2) is 82.2 Å². The minimum absolute atomic E-state index is 0.0930. The fourth-order valence-electron chi connectivity index (χ4n) is 2.84. The first-order chi connectivity index (χ1) is 14.3. The highest BCUT2D eigenvalue weighted by molar-refractivity contribution is 9.10. The van der Waals surface area contributed by atoms with E-state index < -0.39 is 22.5 Å². The van der Waals surface area contributed by atoms with Crippen molar-refractivity contribution in [2.45, 2.75) is 11.8 Å². The molecule has 1 amide bonds. The van der Waals surface area contributed by atoms with Crippen LogP contribution < -0.4 is 14.4 Å². The fraction of sp³-hybridized carbons (Fsp3) is 0.136. The lowest BCUT2D eigenvalue weighted by atomic mass is 10.2. The van der Waals surface area contributed by atoms with Gasteiger partial charge >= 0.3 is 0 Å². The molecule has 30 heavy (non-hydrogen) atoms. The Balaban J connectivity index is 1.98. The number of anilines is 2. The smallest absolute Gasteiger partial charge is 0.264 e. The Labute approximate surface area is 184 Å². The molecule has 0 saturated heterocycles. The monoisotopic (exact) mass is 488 g/mol. The molecule has 0 saturated carbocycles. The maximum Gasteiger partial charge on any atom is 0.264 e. The van der Waals surface area contributed by atoms with E-state index in [4.69, 9.17) is 4.74 Å². The molecule has 8 heteroatoms. The van der Waals surface area contributed by atoms with Crippen molar-refractivity contribution < 1.29 is 17.9 Å². The number of nitrogens with zero attached hydrogens (tertiary/aromatic N) is 1. The normalized spacial score (nSPS) is 11.0. The van der Waals surface area contributed by atoms with Crippen LogP contribution in [0.1, 0.15) is 5.56 Å². The molecule has 3 aromatic carbocycles. The summed E-state index contributed by atoms with van der Waals surface area (Å²) in [6, 6.07) is 20.2. The number of carbonyl (C=O) groups excluding carboxylic acids is 1. The SMILES string of the molecule is COc1ccccc1N(CC(=O)Nc1ccc(Br)cc1)S(=O)(=O)c1ccc(C)cc1. The summed E-state index contributed by atoms with van der Waals surface area (Å²) in [6.45, 7) is 1.46. The first-order valence-electron chi connectivity index (χ1n) is 9.09. The molecule has 0 bridgehead atoms. The van der Waals surface area contributed by atoms with Gasteiger partial charge in [-0.3, -0.25) is 9.10 Å². The van der Waals surface area contributed by atoms with Crippen LogP contribution in [0, 0.1) is 6.92 Å². The third-order valence-corrected chi connectivity index (χ3v) is 6.68. The predicted molar refractivity (Wildman–Crippen MR) is 121 cm³/mol. The van der Waals surface area contributed by atoms with Crippen LogP contribution in [0.25, 0.3) is 0 Å². The van der Waals surface area contributed by atoms with E-state index in [9.17, 15) is 13.2 Å². The Hall–Kier alpha value is -2.84. The maximum atomic E-state index is 13.4. The summed E-state index contributed by atoms with van der Waals surface area (Å²) in [5, 5.41) is 2.73. The fourth-order valence-corrected chi connectivity index (χ4v) is 4.53. The summed E-state index contributed by atoms with van der Waals surface area (Å²) in [4.78, 5) is 12.8. The molecule has 0 spiro atoms. The van der Waals surface area contributed by atoms with Crippen molar-refractivity contribution in [3.8, 4) is 5.75 Å². The third-order valence-electron chi connectivity index (χ3n) is 4.38. The number of benzene rings is 3. The van der Waals surface area contributed by atoms with Crippen LogP contribution in [0.3, 0.4) is 0 Å². The lowest BCUT2D eigenvalue weighted by molar-refractivity contribution is -0.114. The molecular formula is C22H21BrN2O4S. The van der Waals surface area contributed by atoms with E-state index in [2.05, 4.69) is 21.2 Å². The van der Waals surface area contributed by atoms with Gasteiger partial charge < -0.3 is 10.1 Å². The van der Waals surface area contributed by atoms with Crippen LogP contribution in [0.5, 0.6) is 5.75 Å². The van der Waals surface area contributed by atoms with E-state index >= 15 is 0 Å². The van der Waals surface area contributed by atoms with Gasteiger partial charge in [-0.25, -0.2) is 8.42 Å². The number of methoxy groups -OCH3 is 1. The number of amides is 1. The van der Waals surface area contributed by atoms with E-state index in [1.54, 1.807) is 60.7 Å². The number of rotatable bonds is 7. The molecule has 0 unspecified atom stereocenters. The molecule has 3 rings (SSSR count). The van der Waals surface area contributed by atoms with Gasteiger partial charge in [0.05, 0.1) is 17.7 Å². The zero-order valence-electron chi connectivity index (χ0n) is 16.5. The van der Waals surface area contributed by atoms with Crippen molar-refractivity contribution in [2.75, 3.05) is 23.3 Å². The Kier molecular flexibility index (Phi) is 6.79. The summed E-state index contributed by atoms with van der Waals surface area (Å²) >= 11 is 3.34. The summed E-state index contributed by atoms with van der Waals surface area (Å²) in [6.07, 6.45) is 0. The minimum Gasteiger partial charge on any atom is -0.495 e. The van der Waals surface area contributed by atoms with Gasteiger partial charge in [0.2, 0.25) is 5.91 Å². The van der Waals surface area contributed by atoms with Crippen LogP contribution in [-0.2, 0) is 14.8 Å². The van der Waals surface area contributed by atoms with Crippen molar-refractivity contribution in [3.63, 3.8) is 0 Å². The molecule has 1 N–H and O–H groups in total. The summed E-state index contributed by atoms with van der Waals surface area (Å²) in [5.74, 6) is -0.122. The average molecular weight is 489 g/mol. The standard InChI is InChI=1S/C22H21BrN2O4S/c1-16-7-13-19(14-8-16)30(27,28)25(20-5-3-4-6-21(20)29-2)15-22(26)24-18-11-9-17(23)10-12-18/h3-14H,15H2,1-2H3,(H,24,26). The van der Waals surface area contributed by atoms with Crippen molar-refractivity contribution in [3.05, 3.63) is 82.8 Å². The van der Waals surface area contributed by atoms with E-state index in [1.807, 2.05) is 6.92 Å². The zero-order chi connectivity index (χ0) is 21.7. The second kappa shape index (κ2) is 9.32. The van der Waals surface area contributed by atoms with E-state index in [-0.39, 0.29) is 10.6 Å². The van der Waals surface area contributed by atoms with E-state index in [0.717, 1.165) is 14.3 Å². The average Bonchev–Trinajstić information content (AvgIpc) is 2.74. The van der Waals surface area contributed by atoms with Gasteiger partial charge in [-0.15, -0.1) is 0 Å². The molecule has 6 nitrogen and oxygen atoms in total. The maximum absolute atomic E-state index is 13.4. The van der Waals surface area contributed by atoms with Crippen molar-refractivity contribution in [2.24, 2.45) is 0 Å². The van der Waals surface area contributed by atoms with Gasteiger partial charge in [-0.2, -0.15) is 0 Å². The van der Waals surface area contributed by atoms with E-state index in [1.165, 1.54) is 19.2 Å². The summed E-state index contributed by atoms with van der Waals surface area (Å²) < 4.78 is 34.1. The largest absolute Gasteiger partial charge is 0.495 e. The van der Waals surface area contributed by atoms with Crippen molar-refractivity contribution in [1.82, 2.24) is 0 Å². The second-order valence-electron chi connectivity index (χ2n) is 6.55. The number of ether oxygens (including phenoxy) is 1. The Morgan fingerprint density at radius 2 is 1.63 bits per heavy atom. The minimum atomic E-state index is -4.01.